The summed E-state index contributed by atoms with van der Waals surface area (Å²) >= 11 is 0. The first-order chi connectivity index (χ1) is 13.1. The van der Waals surface area contributed by atoms with Crippen molar-refractivity contribution in [2.75, 3.05) is 12.4 Å². The number of aromatic nitrogens is 1. The molecule has 3 aromatic rings. The highest BCUT2D eigenvalue weighted by molar-refractivity contribution is 5.93. The first kappa shape index (κ1) is 19.8. The number of nitrogens with zero attached hydrogens (tertiary/aromatic N) is 2. The Hall–Kier alpha value is -3.54. The third kappa shape index (κ3) is 4.17. The number of benzene rings is 2. The lowest BCUT2D eigenvalue weighted by Gasteiger charge is -2.06. The van der Waals surface area contributed by atoms with E-state index in [1.165, 1.54) is 0 Å². The Kier molecular flexibility index (Phi) is 6.77. The van der Waals surface area contributed by atoms with Gasteiger partial charge in [-0.2, -0.15) is 10.7 Å². The molecule has 0 bridgehead atoms. The molecule has 138 valence electrons. The molecule has 2 aromatic carbocycles. The molecule has 0 aliphatic carbocycles. The van der Waals surface area contributed by atoms with Crippen LogP contribution in [0.4, 0.5) is 17.2 Å². The van der Waals surface area contributed by atoms with Gasteiger partial charge in [-0.15, -0.1) is 0 Å². The zero-order valence-corrected chi connectivity index (χ0v) is 15.1. The molecule has 0 aliphatic heterocycles. The number of anilines is 1. The fourth-order valence-electron chi connectivity index (χ4n) is 2.83. The molecule has 0 amide bonds. The summed E-state index contributed by atoms with van der Waals surface area (Å²) in [5.41, 5.74) is 4.17. The van der Waals surface area contributed by atoms with E-state index in [9.17, 15) is 15.0 Å². The predicted octanol–water partition coefficient (Wildman–Crippen LogP) is 1.14. The number of fused-ring (bicyclic) bond motifs is 1. The number of hydrogen-bond acceptors (Lipinski definition) is 5. The first-order valence-electron chi connectivity index (χ1n) is 8.28. The summed E-state index contributed by atoms with van der Waals surface area (Å²) in [6.45, 7) is 2.73. The monoisotopic (exact) mass is 367 g/mol. The maximum atomic E-state index is 10.7. The minimum absolute atomic E-state index is 0.497. The van der Waals surface area contributed by atoms with Crippen molar-refractivity contribution in [2.24, 2.45) is 0 Å². The number of carbonyl (C=O) groups excluding carboxylic acids is 1. The maximum Gasteiger partial charge on any atom is 0.255 e. The maximum absolute atomic E-state index is 10.7. The zero-order valence-electron chi connectivity index (χ0n) is 15.1. The van der Waals surface area contributed by atoms with E-state index in [1.54, 1.807) is 49.5 Å². The summed E-state index contributed by atoms with van der Waals surface area (Å²) in [4.78, 5) is 20.8. The van der Waals surface area contributed by atoms with E-state index < -0.39 is 0 Å². The molecule has 0 unspecified atom stereocenters. The molecular weight excluding hydrogens is 346 g/mol. The molecule has 0 aliphatic rings. The van der Waals surface area contributed by atoms with Gasteiger partial charge in [0.2, 0.25) is 0 Å². The largest absolute Gasteiger partial charge is 0.373 e. The molecule has 0 saturated carbocycles. The molecule has 0 atom stereocenters. The molecule has 27 heavy (non-hydrogen) atoms. The second-order valence-corrected chi connectivity index (χ2v) is 5.58. The Bertz CT molecular complexity index is 1000. The van der Waals surface area contributed by atoms with Crippen molar-refractivity contribution in [3.8, 4) is 6.07 Å². The van der Waals surface area contributed by atoms with Crippen molar-refractivity contribution < 1.29 is 20.7 Å². The van der Waals surface area contributed by atoms with Crippen LogP contribution in [0.1, 0.15) is 22.8 Å². The van der Waals surface area contributed by atoms with Crippen molar-refractivity contribution in [3.63, 3.8) is 0 Å². The van der Waals surface area contributed by atoms with Gasteiger partial charge in [-0.05, 0) is 13.0 Å². The van der Waals surface area contributed by atoms with E-state index in [-0.39, 0.29) is 0 Å². The average molecular weight is 367 g/mol. The second kappa shape index (κ2) is 9.24. The van der Waals surface area contributed by atoms with Crippen molar-refractivity contribution in [3.05, 3.63) is 58.5 Å². The highest BCUT2D eigenvalue weighted by Gasteiger charge is 2.16. The topological polar surface area (TPSA) is 126 Å². The minimum atomic E-state index is 0.497. The lowest BCUT2D eigenvalue weighted by molar-refractivity contribution is -0.825. The number of hydrogen-bond donors (Lipinski definition) is 4. The number of nitrogens with one attached hydrogen (secondary N) is 2. The molecule has 8 nitrogen and oxygen atoms in total. The molecule has 1 aromatic heterocycles. The van der Waals surface area contributed by atoms with Crippen molar-refractivity contribution in [1.29, 1.82) is 5.26 Å². The Labute approximate surface area is 156 Å². The van der Waals surface area contributed by atoms with E-state index in [4.69, 9.17) is 5.21 Å². The molecule has 8 heteroatoms. The van der Waals surface area contributed by atoms with Crippen LogP contribution in [0.15, 0.2) is 42.5 Å². The van der Waals surface area contributed by atoms with Gasteiger partial charge in [0.15, 0.2) is 5.69 Å². The van der Waals surface area contributed by atoms with Gasteiger partial charge in [-0.3, -0.25) is 4.79 Å². The van der Waals surface area contributed by atoms with Crippen LogP contribution in [0.5, 0.6) is 0 Å². The first-order valence-corrected chi connectivity index (χ1v) is 8.28. The summed E-state index contributed by atoms with van der Waals surface area (Å²) in [5.74, 6) is 0.785. The van der Waals surface area contributed by atoms with Crippen LogP contribution in [-0.4, -0.2) is 23.1 Å². The Balaban J connectivity index is 0.000000223. The van der Waals surface area contributed by atoms with Crippen LogP contribution in [0.2, 0.25) is 0 Å². The third-order valence-electron chi connectivity index (χ3n) is 4.04. The number of nitroso groups, excluding NO2 is 1. The van der Waals surface area contributed by atoms with Crippen molar-refractivity contribution in [2.45, 2.75) is 13.5 Å². The summed E-state index contributed by atoms with van der Waals surface area (Å²) in [7, 11) is 1.79. The zero-order chi connectivity index (χ0) is 19.8. The highest BCUT2D eigenvalue weighted by atomic mass is 16.5. The normalized spacial score (nSPS) is 9.85. The van der Waals surface area contributed by atoms with Gasteiger partial charge < -0.3 is 9.88 Å². The molecule has 3 rings (SSSR count). The molecule has 0 fully saturated rings. The van der Waals surface area contributed by atoms with Crippen LogP contribution in [0.3, 0.4) is 0 Å². The van der Waals surface area contributed by atoms with Gasteiger partial charge >= 0.3 is 0 Å². The number of rotatable bonds is 5. The Morgan fingerprint density at radius 1 is 1.33 bits per heavy atom. The van der Waals surface area contributed by atoms with Crippen molar-refractivity contribution >= 4 is 34.4 Å². The van der Waals surface area contributed by atoms with Crippen LogP contribution in [-0.2, 0) is 6.54 Å². The SMILES string of the molecule is CCn1c(NC)c(C#N)c2ccc([NH+]=O)cc21.O=Cc1cccc([NH2+]O)c1. The minimum Gasteiger partial charge on any atom is -0.373 e. The van der Waals surface area contributed by atoms with Crippen LogP contribution >= 0.6 is 0 Å². The Morgan fingerprint density at radius 3 is 2.67 bits per heavy atom. The molecular formula is C19H21N5O3+2. The number of nitriles is 1. The number of quaternary nitrogens is 1. The van der Waals surface area contributed by atoms with E-state index in [0.717, 1.165) is 35.0 Å². The van der Waals surface area contributed by atoms with Gasteiger partial charge in [0, 0.05) is 58.9 Å². The van der Waals surface area contributed by atoms with Gasteiger partial charge in [-0.25, -0.2) is 5.21 Å². The fourth-order valence-corrected chi connectivity index (χ4v) is 2.83. The quantitative estimate of drug-likeness (QED) is 0.306. The van der Waals surface area contributed by atoms with Gasteiger partial charge in [0.05, 0.1) is 5.52 Å². The molecule has 1 heterocycles. The Morgan fingerprint density at radius 2 is 2.11 bits per heavy atom. The molecule has 5 N–H and O–H groups in total. The highest BCUT2D eigenvalue weighted by Crippen LogP contribution is 2.30. The van der Waals surface area contributed by atoms with Crippen molar-refractivity contribution in [1.82, 2.24) is 4.57 Å². The summed E-state index contributed by atoms with van der Waals surface area (Å²) < 4.78 is 1.98. The third-order valence-corrected chi connectivity index (χ3v) is 4.04. The van der Waals surface area contributed by atoms with Gasteiger partial charge in [-0.1, -0.05) is 12.1 Å². The van der Waals surface area contributed by atoms with E-state index in [0.29, 0.717) is 22.5 Å². The standard InChI is InChI=1S/C12H12N4O.C7H7NO2/c1-3-16-11-6-8(15-17)4-5-9(11)10(7-13)12(16)14-2;9-5-6-2-1-3-7(4-6)8-10/h4-6,14H,3H2,1-2H3;1-5,8,10H/p+2. The average Bonchev–Trinajstić information content (AvgIpc) is 3.05. The molecule has 0 radical (unpaired) electrons. The van der Waals surface area contributed by atoms with Gasteiger partial charge in [0.1, 0.15) is 23.7 Å². The van der Waals surface area contributed by atoms with Crippen LogP contribution in [0.25, 0.3) is 10.9 Å². The van der Waals surface area contributed by atoms with Gasteiger partial charge in [0.25, 0.3) is 5.69 Å². The van der Waals surface area contributed by atoms with Crippen LogP contribution < -0.4 is 16.0 Å². The lowest BCUT2D eigenvalue weighted by Crippen LogP contribution is -2.73. The summed E-state index contributed by atoms with van der Waals surface area (Å²) in [5, 5.41) is 23.5. The number of carbonyl (C=O) groups is 1. The second-order valence-electron chi connectivity index (χ2n) is 5.58. The number of aldehydes is 1. The van der Waals surface area contributed by atoms with E-state index in [1.807, 2.05) is 16.7 Å². The summed E-state index contributed by atoms with van der Waals surface area (Å²) in [6.07, 6.45) is 0.743. The van der Waals surface area contributed by atoms with E-state index in [2.05, 4.69) is 11.4 Å². The van der Waals surface area contributed by atoms with Crippen LogP contribution in [0, 0.1) is 16.2 Å². The predicted molar refractivity (Wildman–Crippen MR) is 101 cm³/mol. The molecule has 0 saturated heterocycles. The smallest absolute Gasteiger partial charge is 0.255 e. The molecule has 0 spiro atoms. The lowest BCUT2D eigenvalue weighted by atomic mass is 10.1. The number of aryl methyl sites for hydroxylation is 1. The van der Waals surface area contributed by atoms with E-state index >= 15 is 0 Å². The summed E-state index contributed by atoms with van der Waals surface area (Å²) in [6, 6.07) is 14.1. The number of nitrogens with two attached hydrogens (primary N) is 1. The fraction of sp³-hybridized carbons (Fsp3) is 0.158.